The molecule has 0 spiro atoms. The van der Waals surface area contributed by atoms with E-state index in [1.165, 1.54) is 11.1 Å². The molecule has 0 radical (unpaired) electrons. The highest BCUT2D eigenvalue weighted by Crippen LogP contribution is 2.45. The zero-order valence-electron chi connectivity index (χ0n) is 22.1. The molecule has 2 fully saturated rings. The largest absolute Gasteiger partial charge is 0.493 e. The van der Waals surface area contributed by atoms with Crippen molar-refractivity contribution in [2.24, 2.45) is 23.7 Å². The van der Waals surface area contributed by atoms with E-state index in [0.29, 0.717) is 31.3 Å². The fourth-order valence-corrected chi connectivity index (χ4v) is 6.52. The van der Waals surface area contributed by atoms with E-state index in [2.05, 4.69) is 36.2 Å². The molecule has 2 N–H and O–H groups in total. The summed E-state index contributed by atoms with van der Waals surface area (Å²) in [6.45, 7) is 6.89. The molecule has 1 aliphatic carbocycles. The predicted octanol–water partition coefficient (Wildman–Crippen LogP) is 4.65. The Hall–Kier alpha value is -2.48. The highest BCUT2D eigenvalue weighted by atomic mass is 16.5. The van der Waals surface area contributed by atoms with Crippen LogP contribution in [0, 0.1) is 23.7 Å². The minimum Gasteiger partial charge on any atom is -0.493 e. The topological polar surface area (TPSA) is 97.3 Å². The first kappa shape index (κ1) is 26.6. The maximum absolute atomic E-state index is 12.7. The van der Waals surface area contributed by atoms with E-state index < -0.39 is 12.1 Å². The number of rotatable bonds is 8. The van der Waals surface area contributed by atoms with Crippen molar-refractivity contribution in [3.8, 4) is 11.5 Å². The molecule has 1 aromatic rings. The first-order chi connectivity index (χ1) is 17.3. The number of alkyl carbamates (subject to hydrolysis) is 1. The zero-order valence-corrected chi connectivity index (χ0v) is 22.1. The van der Waals surface area contributed by atoms with Gasteiger partial charge < -0.3 is 24.6 Å². The Balaban J connectivity index is 1.44. The summed E-state index contributed by atoms with van der Waals surface area (Å²) in [4.78, 5) is 26.6. The number of carbonyl (C=O) groups is 2. The van der Waals surface area contributed by atoms with E-state index in [-0.39, 0.29) is 23.9 Å². The van der Waals surface area contributed by atoms with Gasteiger partial charge in [-0.3, -0.25) is 9.69 Å². The van der Waals surface area contributed by atoms with Crippen molar-refractivity contribution < 1.29 is 28.9 Å². The van der Waals surface area contributed by atoms with Crippen LogP contribution in [0.2, 0.25) is 0 Å². The number of hydrogen-bond acceptors (Lipinski definition) is 6. The van der Waals surface area contributed by atoms with Crippen LogP contribution in [0.5, 0.6) is 11.5 Å². The SMILES string of the molecule is COc1cc2c(cc1OC)[C@H]1C[C@@H](COC(=O)NC3CCCC(C(=O)O)C3)[C@H](CC(C)C)CN1CC2. The monoisotopic (exact) mass is 502 g/mol. The van der Waals surface area contributed by atoms with Crippen LogP contribution in [0.1, 0.15) is 69.5 Å². The Labute approximate surface area is 214 Å². The molecule has 1 amide bonds. The molecule has 2 heterocycles. The van der Waals surface area contributed by atoms with Gasteiger partial charge in [-0.2, -0.15) is 0 Å². The number of carboxylic acid groups (broad SMARTS) is 1. The third kappa shape index (κ3) is 6.07. The van der Waals surface area contributed by atoms with Crippen molar-refractivity contribution in [3.63, 3.8) is 0 Å². The van der Waals surface area contributed by atoms with Crippen molar-refractivity contribution >= 4 is 12.1 Å². The molecule has 8 heteroatoms. The van der Waals surface area contributed by atoms with Crippen molar-refractivity contribution in [2.45, 2.75) is 70.9 Å². The predicted molar refractivity (Wildman–Crippen MR) is 136 cm³/mol. The Morgan fingerprint density at radius 2 is 1.86 bits per heavy atom. The van der Waals surface area contributed by atoms with Gasteiger partial charge in [0.05, 0.1) is 26.7 Å². The summed E-state index contributed by atoms with van der Waals surface area (Å²) in [5.74, 6) is 1.65. The average Bonchev–Trinajstić information content (AvgIpc) is 2.86. The molecule has 1 aromatic carbocycles. The molecular formula is C28H42N2O6. The smallest absolute Gasteiger partial charge is 0.407 e. The summed E-state index contributed by atoms with van der Waals surface area (Å²) in [7, 11) is 3.34. The van der Waals surface area contributed by atoms with Gasteiger partial charge in [-0.15, -0.1) is 0 Å². The molecule has 1 saturated heterocycles. The minimum atomic E-state index is -0.778. The minimum absolute atomic E-state index is 0.131. The zero-order chi connectivity index (χ0) is 25.8. The normalized spacial score (nSPS) is 28.1. The number of hydrogen-bond donors (Lipinski definition) is 2. The molecule has 1 saturated carbocycles. The Kier molecular flexibility index (Phi) is 8.65. The Bertz CT molecular complexity index is 935. The maximum Gasteiger partial charge on any atom is 0.407 e. The number of benzene rings is 1. The first-order valence-corrected chi connectivity index (χ1v) is 13.4. The summed E-state index contributed by atoms with van der Waals surface area (Å²) in [5, 5.41) is 12.3. The van der Waals surface area contributed by atoms with Crippen LogP contribution in [0.4, 0.5) is 4.79 Å². The second-order valence-electron chi connectivity index (χ2n) is 11.2. The van der Waals surface area contributed by atoms with E-state index >= 15 is 0 Å². The highest BCUT2D eigenvalue weighted by Gasteiger charge is 2.40. The van der Waals surface area contributed by atoms with Crippen LogP contribution >= 0.6 is 0 Å². The van der Waals surface area contributed by atoms with E-state index in [4.69, 9.17) is 14.2 Å². The number of carbonyl (C=O) groups excluding carboxylic acids is 1. The molecule has 5 atom stereocenters. The van der Waals surface area contributed by atoms with Gasteiger partial charge in [0, 0.05) is 25.2 Å². The van der Waals surface area contributed by atoms with Crippen molar-refractivity contribution in [2.75, 3.05) is 33.9 Å². The molecule has 2 aliphatic heterocycles. The summed E-state index contributed by atoms with van der Waals surface area (Å²) >= 11 is 0. The van der Waals surface area contributed by atoms with Gasteiger partial charge in [0.25, 0.3) is 0 Å². The molecule has 4 rings (SSSR count). The third-order valence-corrected chi connectivity index (χ3v) is 8.32. The number of methoxy groups -OCH3 is 2. The summed E-state index contributed by atoms with van der Waals surface area (Å²) in [6, 6.07) is 4.37. The van der Waals surface area contributed by atoms with E-state index in [1.54, 1.807) is 14.2 Å². The van der Waals surface area contributed by atoms with E-state index in [9.17, 15) is 14.7 Å². The number of amides is 1. The summed E-state index contributed by atoms with van der Waals surface area (Å²) in [5.41, 5.74) is 2.59. The van der Waals surface area contributed by atoms with Crippen LogP contribution in [0.3, 0.4) is 0 Å². The van der Waals surface area contributed by atoms with Crippen molar-refractivity contribution in [1.82, 2.24) is 10.2 Å². The number of ether oxygens (including phenoxy) is 3. The van der Waals surface area contributed by atoms with Gasteiger partial charge >= 0.3 is 12.1 Å². The maximum atomic E-state index is 12.7. The molecule has 0 aromatic heterocycles. The standard InChI is InChI=1S/C28H42N2O6/c1-17(2)10-20-15-30-9-8-18-13-25(34-3)26(35-4)14-23(18)24(30)12-21(20)16-36-28(33)29-22-7-5-6-19(11-22)27(31)32/h13-14,17,19-22,24H,5-12,15-16H2,1-4H3,(H,29,33)(H,31,32)/t19?,20-,21+,22?,24-/m1/s1. The lowest BCUT2D eigenvalue weighted by atomic mass is 9.74. The molecule has 200 valence electrons. The fraction of sp³-hybridized carbons (Fsp3) is 0.714. The average molecular weight is 503 g/mol. The molecule has 36 heavy (non-hydrogen) atoms. The lowest BCUT2D eigenvalue weighted by Gasteiger charge is -2.47. The molecule has 3 aliphatic rings. The van der Waals surface area contributed by atoms with Crippen LogP contribution in [-0.4, -0.2) is 62.0 Å². The van der Waals surface area contributed by atoms with E-state index in [0.717, 1.165) is 56.7 Å². The van der Waals surface area contributed by atoms with Crippen LogP contribution in [-0.2, 0) is 16.0 Å². The Morgan fingerprint density at radius 1 is 1.11 bits per heavy atom. The number of nitrogens with one attached hydrogen (secondary N) is 1. The fourth-order valence-electron chi connectivity index (χ4n) is 6.52. The number of aliphatic carboxylic acids is 1. The highest BCUT2D eigenvalue weighted by molar-refractivity contribution is 5.71. The van der Waals surface area contributed by atoms with Gasteiger partial charge in [-0.25, -0.2) is 4.79 Å². The number of piperidine rings is 1. The third-order valence-electron chi connectivity index (χ3n) is 8.32. The summed E-state index contributed by atoms with van der Waals surface area (Å²) in [6.07, 6.45) is 5.36. The number of carboxylic acids is 1. The van der Waals surface area contributed by atoms with Gasteiger partial charge in [-0.1, -0.05) is 20.3 Å². The van der Waals surface area contributed by atoms with Gasteiger partial charge in [0.15, 0.2) is 11.5 Å². The van der Waals surface area contributed by atoms with Crippen LogP contribution in [0.15, 0.2) is 12.1 Å². The van der Waals surface area contributed by atoms with Crippen LogP contribution < -0.4 is 14.8 Å². The molecule has 8 nitrogen and oxygen atoms in total. The summed E-state index contributed by atoms with van der Waals surface area (Å²) < 4.78 is 16.9. The van der Waals surface area contributed by atoms with Crippen molar-refractivity contribution in [3.05, 3.63) is 23.3 Å². The van der Waals surface area contributed by atoms with Crippen molar-refractivity contribution in [1.29, 1.82) is 0 Å². The second kappa shape index (κ2) is 11.7. The van der Waals surface area contributed by atoms with Gasteiger partial charge in [-0.05, 0) is 79.5 Å². The quantitative estimate of drug-likeness (QED) is 0.534. The first-order valence-electron chi connectivity index (χ1n) is 13.4. The van der Waals surface area contributed by atoms with Gasteiger partial charge in [0.2, 0.25) is 0 Å². The number of nitrogens with zero attached hydrogens (tertiary/aromatic N) is 1. The molecule has 2 unspecified atom stereocenters. The lowest BCUT2D eigenvalue weighted by Crippen LogP contribution is -2.48. The van der Waals surface area contributed by atoms with Gasteiger partial charge in [0.1, 0.15) is 0 Å². The molecule has 0 bridgehead atoms. The second-order valence-corrected chi connectivity index (χ2v) is 11.2. The number of fused-ring (bicyclic) bond motifs is 3. The molecular weight excluding hydrogens is 460 g/mol. The lowest BCUT2D eigenvalue weighted by molar-refractivity contribution is -0.143. The Morgan fingerprint density at radius 3 is 2.56 bits per heavy atom. The van der Waals surface area contributed by atoms with Crippen LogP contribution in [0.25, 0.3) is 0 Å². The van der Waals surface area contributed by atoms with E-state index in [1.807, 2.05) is 0 Å².